The lowest BCUT2D eigenvalue weighted by Crippen LogP contribution is -2.50. The number of halogens is 5. The zero-order valence-electron chi connectivity index (χ0n) is 8.69. The van der Waals surface area contributed by atoms with Gasteiger partial charge in [-0.3, -0.25) is 0 Å². The third-order valence-electron chi connectivity index (χ3n) is 2.89. The molecule has 1 aromatic carbocycles. The van der Waals surface area contributed by atoms with Crippen LogP contribution < -0.4 is 5.32 Å². The van der Waals surface area contributed by atoms with Gasteiger partial charge in [0.1, 0.15) is 0 Å². The molecule has 0 unspecified atom stereocenters. The first kappa shape index (κ1) is 12.3. The zero-order valence-corrected chi connectivity index (χ0v) is 8.69. The van der Waals surface area contributed by atoms with Gasteiger partial charge in [-0.25, -0.2) is 8.78 Å². The van der Waals surface area contributed by atoms with Crippen LogP contribution in [0.4, 0.5) is 22.0 Å². The van der Waals surface area contributed by atoms with E-state index >= 15 is 0 Å². The van der Waals surface area contributed by atoms with Gasteiger partial charge in [-0.2, -0.15) is 13.2 Å². The normalized spacial score (nSPS) is 17.9. The molecule has 17 heavy (non-hydrogen) atoms. The smallest absolute Gasteiger partial charge is 0.316 e. The van der Waals surface area contributed by atoms with Crippen molar-refractivity contribution in [3.05, 3.63) is 35.4 Å². The maximum atomic E-state index is 13.7. The number of rotatable bonds is 2. The minimum atomic E-state index is -4.49. The second-order valence-electron chi connectivity index (χ2n) is 4.05. The van der Waals surface area contributed by atoms with Gasteiger partial charge in [0, 0.05) is 18.7 Å². The third kappa shape index (κ3) is 2.26. The minimum Gasteiger partial charge on any atom is -0.316 e. The molecule has 6 heteroatoms. The van der Waals surface area contributed by atoms with Gasteiger partial charge >= 0.3 is 6.18 Å². The average molecular weight is 251 g/mol. The largest absolute Gasteiger partial charge is 0.416 e. The van der Waals surface area contributed by atoms with E-state index in [9.17, 15) is 22.0 Å². The minimum absolute atomic E-state index is 0.189. The second kappa shape index (κ2) is 3.94. The van der Waals surface area contributed by atoms with E-state index in [1.165, 1.54) is 0 Å². The van der Waals surface area contributed by atoms with Crippen LogP contribution in [0.3, 0.4) is 0 Å². The Balaban J connectivity index is 2.23. The maximum absolute atomic E-state index is 13.7. The summed E-state index contributed by atoms with van der Waals surface area (Å²) >= 11 is 0. The van der Waals surface area contributed by atoms with E-state index in [4.69, 9.17) is 0 Å². The van der Waals surface area contributed by atoms with Crippen LogP contribution in [0.25, 0.3) is 0 Å². The van der Waals surface area contributed by atoms with E-state index in [0.717, 1.165) is 12.1 Å². The molecule has 2 rings (SSSR count). The highest BCUT2D eigenvalue weighted by atomic mass is 19.4. The first-order chi connectivity index (χ1) is 7.82. The van der Waals surface area contributed by atoms with Crippen molar-refractivity contribution in [2.75, 3.05) is 13.1 Å². The first-order valence-corrected chi connectivity index (χ1v) is 5.08. The van der Waals surface area contributed by atoms with Crippen molar-refractivity contribution in [2.45, 2.75) is 12.1 Å². The monoisotopic (exact) mass is 251 g/mol. The number of nitrogens with one attached hydrogen (secondary N) is 1. The molecule has 1 aliphatic heterocycles. The third-order valence-corrected chi connectivity index (χ3v) is 2.89. The summed E-state index contributed by atoms with van der Waals surface area (Å²) in [6.45, 7) is 0.377. The summed E-state index contributed by atoms with van der Waals surface area (Å²) in [7, 11) is 0. The topological polar surface area (TPSA) is 12.0 Å². The van der Waals surface area contributed by atoms with Gasteiger partial charge < -0.3 is 5.32 Å². The summed E-state index contributed by atoms with van der Waals surface area (Å²) in [6.07, 6.45) is -4.49. The molecule has 0 atom stereocenters. The number of alkyl halides is 5. The lowest BCUT2D eigenvalue weighted by Gasteiger charge is -2.34. The fourth-order valence-corrected chi connectivity index (χ4v) is 1.66. The van der Waals surface area contributed by atoms with E-state index in [2.05, 4.69) is 5.32 Å². The summed E-state index contributed by atoms with van der Waals surface area (Å²) in [4.78, 5) is 0. The lowest BCUT2D eigenvalue weighted by molar-refractivity contribution is -0.137. The van der Waals surface area contributed by atoms with Gasteiger partial charge in [0.25, 0.3) is 5.92 Å². The summed E-state index contributed by atoms with van der Waals surface area (Å²) in [5, 5.41) is 2.71. The van der Waals surface area contributed by atoms with Crippen LogP contribution >= 0.6 is 0 Å². The molecule has 1 nitrogen and oxygen atoms in total. The van der Waals surface area contributed by atoms with E-state index < -0.39 is 23.6 Å². The summed E-state index contributed by atoms with van der Waals surface area (Å²) in [6, 6.07) is 3.08. The quantitative estimate of drug-likeness (QED) is 0.797. The molecule has 0 spiro atoms. The second-order valence-corrected chi connectivity index (χ2v) is 4.05. The van der Waals surface area contributed by atoms with Crippen molar-refractivity contribution < 1.29 is 22.0 Å². The molecule has 1 heterocycles. The predicted octanol–water partition coefficient (Wildman–Crippen LogP) is 3.02. The van der Waals surface area contributed by atoms with Crippen LogP contribution in [0.1, 0.15) is 11.1 Å². The fraction of sp³-hybridized carbons (Fsp3) is 0.455. The lowest BCUT2D eigenvalue weighted by atomic mass is 9.89. The van der Waals surface area contributed by atoms with Gasteiger partial charge in [0.05, 0.1) is 11.5 Å². The SMILES string of the molecule is FC(F)(F)c1ccc(C(F)(F)C2CNC2)cc1. The molecule has 94 valence electrons. The maximum Gasteiger partial charge on any atom is 0.416 e. The van der Waals surface area contributed by atoms with Gasteiger partial charge in [-0.1, -0.05) is 12.1 Å². The van der Waals surface area contributed by atoms with Gasteiger partial charge in [-0.05, 0) is 12.1 Å². The number of benzene rings is 1. The average Bonchev–Trinajstić information content (AvgIpc) is 2.13. The summed E-state index contributed by atoms with van der Waals surface area (Å²) < 4.78 is 64.2. The van der Waals surface area contributed by atoms with Crippen molar-refractivity contribution in [2.24, 2.45) is 5.92 Å². The van der Waals surface area contributed by atoms with Crippen LogP contribution in [0.15, 0.2) is 24.3 Å². The Hall–Kier alpha value is -1.17. The number of hydrogen-bond donors (Lipinski definition) is 1. The molecule has 1 aromatic rings. The Morgan fingerprint density at radius 1 is 0.882 bits per heavy atom. The molecular formula is C11H10F5N. The van der Waals surface area contributed by atoms with Crippen molar-refractivity contribution >= 4 is 0 Å². The van der Waals surface area contributed by atoms with E-state index in [-0.39, 0.29) is 18.7 Å². The van der Waals surface area contributed by atoms with Gasteiger partial charge in [0.2, 0.25) is 0 Å². The first-order valence-electron chi connectivity index (χ1n) is 5.08. The predicted molar refractivity (Wildman–Crippen MR) is 51.7 cm³/mol. The number of hydrogen-bond acceptors (Lipinski definition) is 1. The summed E-state index contributed by atoms with van der Waals surface area (Å²) in [5.41, 5.74) is -1.28. The molecule has 0 radical (unpaired) electrons. The van der Waals surface area contributed by atoms with Crippen LogP contribution in [0, 0.1) is 5.92 Å². The Morgan fingerprint density at radius 2 is 1.35 bits per heavy atom. The molecule has 1 N–H and O–H groups in total. The van der Waals surface area contributed by atoms with E-state index in [1.807, 2.05) is 0 Å². The highest BCUT2D eigenvalue weighted by molar-refractivity contribution is 5.28. The highest BCUT2D eigenvalue weighted by Gasteiger charge is 2.44. The molecule has 1 aliphatic rings. The van der Waals surface area contributed by atoms with E-state index in [0.29, 0.717) is 12.1 Å². The highest BCUT2D eigenvalue weighted by Crippen LogP contribution is 2.39. The van der Waals surface area contributed by atoms with Crippen LogP contribution in [0.5, 0.6) is 0 Å². The molecule has 0 bridgehead atoms. The van der Waals surface area contributed by atoms with E-state index in [1.54, 1.807) is 0 Å². The summed E-state index contributed by atoms with van der Waals surface area (Å²) in [5.74, 6) is -3.91. The van der Waals surface area contributed by atoms with Gasteiger partial charge in [-0.15, -0.1) is 0 Å². The van der Waals surface area contributed by atoms with Crippen LogP contribution in [-0.4, -0.2) is 13.1 Å². The molecule has 0 aliphatic carbocycles. The molecule has 1 saturated heterocycles. The van der Waals surface area contributed by atoms with Gasteiger partial charge in [0.15, 0.2) is 0 Å². The molecule has 1 fully saturated rings. The van der Waals surface area contributed by atoms with Crippen molar-refractivity contribution in [3.8, 4) is 0 Å². The standard InChI is InChI=1S/C11H10F5N/c12-10(13,9-5-17-6-9)7-1-3-8(4-2-7)11(14,15)16/h1-4,9,17H,5-6H2. The molecule has 0 aromatic heterocycles. The van der Waals surface area contributed by atoms with Crippen LogP contribution in [-0.2, 0) is 12.1 Å². The Labute approximate surface area is 94.6 Å². The molecule has 0 amide bonds. The molecule has 0 saturated carbocycles. The zero-order chi connectivity index (χ0) is 12.7. The van der Waals surface area contributed by atoms with Crippen molar-refractivity contribution in [1.29, 1.82) is 0 Å². The molecular weight excluding hydrogens is 241 g/mol. The fourth-order valence-electron chi connectivity index (χ4n) is 1.66. The Bertz CT molecular complexity index is 391. The Morgan fingerprint density at radius 3 is 1.71 bits per heavy atom. The van der Waals surface area contributed by atoms with Crippen molar-refractivity contribution in [3.63, 3.8) is 0 Å². The Kier molecular flexibility index (Phi) is 2.85. The van der Waals surface area contributed by atoms with Crippen molar-refractivity contribution in [1.82, 2.24) is 5.32 Å². The van der Waals surface area contributed by atoms with Crippen LogP contribution in [0.2, 0.25) is 0 Å².